The number of carbonyl (C=O) groups is 1. The van der Waals surface area contributed by atoms with E-state index in [1.165, 1.54) is 0 Å². The lowest BCUT2D eigenvalue weighted by Gasteiger charge is -2.31. The summed E-state index contributed by atoms with van der Waals surface area (Å²) in [4.78, 5) is 14.4. The van der Waals surface area contributed by atoms with Crippen molar-refractivity contribution in [1.82, 2.24) is 10.2 Å². The van der Waals surface area contributed by atoms with Crippen LogP contribution in [0, 0.1) is 0 Å². The fraction of sp³-hybridized carbons (Fsp3) is 0.424. The van der Waals surface area contributed by atoms with Crippen molar-refractivity contribution >= 4 is 5.91 Å². The van der Waals surface area contributed by atoms with E-state index in [0.29, 0.717) is 33.0 Å². The van der Waals surface area contributed by atoms with Crippen molar-refractivity contribution < 1.29 is 19.0 Å². The summed E-state index contributed by atoms with van der Waals surface area (Å²) >= 11 is 0. The van der Waals surface area contributed by atoms with Crippen molar-refractivity contribution in [3.05, 3.63) is 108 Å². The van der Waals surface area contributed by atoms with Gasteiger partial charge in [-0.05, 0) is 29.7 Å². The molecule has 4 rings (SSSR count). The summed E-state index contributed by atoms with van der Waals surface area (Å²) in [6.45, 7) is 7.17. The van der Waals surface area contributed by atoms with Crippen LogP contribution in [-0.2, 0) is 38.8 Å². The Hall–Kier alpha value is -3.03. The Balaban J connectivity index is 1.59. The summed E-state index contributed by atoms with van der Waals surface area (Å²) in [5, 5.41) is 3.06. The van der Waals surface area contributed by atoms with Gasteiger partial charge in [0.1, 0.15) is 12.2 Å². The second-order valence-electron chi connectivity index (χ2n) is 10.2. The van der Waals surface area contributed by atoms with Crippen LogP contribution >= 0.6 is 0 Å². The second-order valence-corrected chi connectivity index (χ2v) is 10.2. The van der Waals surface area contributed by atoms with Gasteiger partial charge in [-0.3, -0.25) is 9.69 Å². The average Bonchev–Trinajstić information content (AvgIpc) is 3.25. The van der Waals surface area contributed by atoms with Gasteiger partial charge in [0.15, 0.2) is 0 Å². The Kier molecular flexibility index (Phi) is 11.5. The third-order valence-electron chi connectivity index (χ3n) is 7.23. The van der Waals surface area contributed by atoms with Gasteiger partial charge in [0, 0.05) is 13.5 Å². The molecular formula is C33H42N2O4. The highest BCUT2D eigenvalue weighted by molar-refractivity contribution is 5.72. The summed E-state index contributed by atoms with van der Waals surface area (Å²) in [6, 6.07) is 30.7. The monoisotopic (exact) mass is 530 g/mol. The molecule has 1 amide bonds. The van der Waals surface area contributed by atoms with Crippen LogP contribution in [0.2, 0.25) is 0 Å². The summed E-state index contributed by atoms with van der Waals surface area (Å²) < 4.78 is 19.7. The Labute approximate surface area is 233 Å². The zero-order valence-corrected chi connectivity index (χ0v) is 23.2. The fourth-order valence-corrected chi connectivity index (χ4v) is 5.22. The van der Waals surface area contributed by atoms with Gasteiger partial charge in [0.2, 0.25) is 5.91 Å². The summed E-state index contributed by atoms with van der Waals surface area (Å²) in [5.74, 6) is -0.0437. The molecule has 3 aromatic carbocycles. The van der Waals surface area contributed by atoms with E-state index in [4.69, 9.17) is 14.2 Å². The fourth-order valence-electron chi connectivity index (χ4n) is 5.22. The van der Waals surface area contributed by atoms with Gasteiger partial charge in [-0.15, -0.1) is 0 Å². The highest BCUT2D eigenvalue weighted by atomic mass is 16.5. The molecule has 0 bridgehead atoms. The molecule has 0 unspecified atom stereocenters. The maximum atomic E-state index is 12.0. The predicted molar refractivity (Wildman–Crippen MR) is 154 cm³/mol. The molecule has 1 N–H and O–H groups in total. The van der Waals surface area contributed by atoms with Gasteiger partial charge >= 0.3 is 0 Å². The Morgan fingerprint density at radius 1 is 0.744 bits per heavy atom. The highest BCUT2D eigenvalue weighted by Crippen LogP contribution is 2.32. The predicted octanol–water partition coefficient (Wildman–Crippen LogP) is 5.36. The van der Waals surface area contributed by atoms with Crippen LogP contribution in [0.4, 0.5) is 0 Å². The van der Waals surface area contributed by atoms with Crippen molar-refractivity contribution in [2.75, 3.05) is 19.7 Å². The minimum absolute atomic E-state index is 0.0106. The zero-order valence-electron chi connectivity index (χ0n) is 23.2. The molecule has 1 saturated heterocycles. The largest absolute Gasteiger partial charge is 0.375 e. The van der Waals surface area contributed by atoms with E-state index in [9.17, 15) is 4.79 Å². The molecule has 0 spiro atoms. The number of nitrogens with one attached hydrogen (secondary N) is 1. The van der Waals surface area contributed by atoms with Crippen molar-refractivity contribution in [2.45, 2.75) is 70.8 Å². The summed E-state index contributed by atoms with van der Waals surface area (Å²) in [6.07, 6.45) is 1.66. The Bertz CT molecular complexity index is 1100. The first kappa shape index (κ1) is 29.0. The first-order valence-electron chi connectivity index (χ1n) is 14.1. The van der Waals surface area contributed by atoms with Gasteiger partial charge < -0.3 is 19.5 Å². The van der Waals surface area contributed by atoms with Crippen molar-refractivity contribution in [3.8, 4) is 0 Å². The number of nitrogens with zero attached hydrogens (tertiary/aromatic N) is 1. The molecule has 1 aliphatic rings. The van der Waals surface area contributed by atoms with E-state index in [-0.39, 0.29) is 30.2 Å². The SMILES string of the molecule is CCCCN1[C@H](CNC(C)=O)[C@@H](OCc2ccccc2)[C@H](OCc2ccccc2)[C@H]1COCc1ccccc1. The van der Waals surface area contributed by atoms with Crippen LogP contribution < -0.4 is 5.32 Å². The molecule has 6 nitrogen and oxygen atoms in total. The van der Waals surface area contributed by atoms with Crippen molar-refractivity contribution in [3.63, 3.8) is 0 Å². The third kappa shape index (κ3) is 8.73. The van der Waals surface area contributed by atoms with Gasteiger partial charge in [-0.25, -0.2) is 0 Å². The van der Waals surface area contributed by atoms with Crippen LogP contribution in [0.25, 0.3) is 0 Å². The molecule has 3 aromatic rings. The number of carbonyl (C=O) groups excluding carboxylic acids is 1. The molecule has 6 heteroatoms. The van der Waals surface area contributed by atoms with E-state index in [1.807, 2.05) is 54.6 Å². The van der Waals surface area contributed by atoms with Crippen LogP contribution in [0.15, 0.2) is 91.0 Å². The van der Waals surface area contributed by atoms with E-state index in [0.717, 1.165) is 36.1 Å². The molecule has 1 heterocycles. The first-order chi connectivity index (χ1) is 19.2. The van der Waals surface area contributed by atoms with Crippen LogP contribution in [0.5, 0.6) is 0 Å². The van der Waals surface area contributed by atoms with Crippen LogP contribution in [0.3, 0.4) is 0 Å². The first-order valence-corrected chi connectivity index (χ1v) is 14.1. The summed E-state index contributed by atoms with van der Waals surface area (Å²) in [5.41, 5.74) is 3.37. The maximum absolute atomic E-state index is 12.0. The van der Waals surface area contributed by atoms with Gasteiger partial charge in [0.05, 0.1) is 38.5 Å². The zero-order chi connectivity index (χ0) is 27.3. The number of benzene rings is 3. The summed E-state index contributed by atoms with van der Waals surface area (Å²) in [7, 11) is 0. The standard InChI is InChI=1S/C33H42N2O4/c1-3-4-20-35-30(21-34-26(2)36)32(38-23-28-16-10-6-11-17-28)33(39-24-29-18-12-7-13-19-29)31(35)25-37-22-27-14-8-5-9-15-27/h5-19,30-33H,3-4,20-25H2,1-2H3,(H,34,36)/t30-,31-,32-,33-/m1/s1. The number of unbranched alkanes of at least 4 members (excludes halogenated alkanes) is 1. The minimum Gasteiger partial charge on any atom is -0.375 e. The average molecular weight is 531 g/mol. The quantitative estimate of drug-likeness (QED) is 0.287. The molecule has 208 valence electrons. The number of ether oxygens (including phenoxy) is 3. The normalized spacial score (nSPS) is 21.2. The molecule has 1 fully saturated rings. The van der Waals surface area contributed by atoms with E-state index in [2.05, 4.69) is 53.5 Å². The number of rotatable bonds is 15. The lowest BCUT2D eigenvalue weighted by atomic mass is 10.1. The Morgan fingerprint density at radius 3 is 1.72 bits per heavy atom. The maximum Gasteiger partial charge on any atom is 0.216 e. The van der Waals surface area contributed by atoms with Gasteiger partial charge in [-0.2, -0.15) is 0 Å². The third-order valence-corrected chi connectivity index (χ3v) is 7.23. The van der Waals surface area contributed by atoms with Gasteiger partial charge in [-0.1, -0.05) is 104 Å². The van der Waals surface area contributed by atoms with E-state index < -0.39 is 0 Å². The lowest BCUT2D eigenvalue weighted by Crippen LogP contribution is -2.48. The Morgan fingerprint density at radius 2 is 1.23 bits per heavy atom. The molecule has 0 aliphatic carbocycles. The van der Waals surface area contributed by atoms with Crippen molar-refractivity contribution in [1.29, 1.82) is 0 Å². The van der Waals surface area contributed by atoms with Crippen molar-refractivity contribution in [2.24, 2.45) is 0 Å². The molecule has 0 aromatic heterocycles. The molecule has 4 atom stereocenters. The molecular weight excluding hydrogens is 488 g/mol. The molecule has 0 radical (unpaired) electrons. The molecule has 1 aliphatic heterocycles. The van der Waals surface area contributed by atoms with E-state index >= 15 is 0 Å². The van der Waals surface area contributed by atoms with Gasteiger partial charge in [0.25, 0.3) is 0 Å². The smallest absolute Gasteiger partial charge is 0.216 e. The highest BCUT2D eigenvalue weighted by Gasteiger charge is 2.50. The van der Waals surface area contributed by atoms with Crippen LogP contribution in [0.1, 0.15) is 43.4 Å². The molecule has 0 saturated carbocycles. The minimum atomic E-state index is -0.233. The number of hydrogen-bond acceptors (Lipinski definition) is 5. The number of hydrogen-bond donors (Lipinski definition) is 1. The van der Waals surface area contributed by atoms with E-state index in [1.54, 1.807) is 6.92 Å². The number of likely N-dealkylation sites (tertiary alicyclic amines) is 1. The topological polar surface area (TPSA) is 60.0 Å². The lowest BCUT2D eigenvalue weighted by molar-refractivity contribution is -0.119. The number of amides is 1. The molecule has 39 heavy (non-hydrogen) atoms. The van der Waals surface area contributed by atoms with Crippen LogP contribution in [-0.4, -0.2) is 54.8 Å². The second kappa shape index (κ2) is 15.5.